The van der Waals surface area contributed by atoms with E-state index in [0.29, 0.717) is 41.1 Å². The standard InChI is InChI=1S/C19H20F2N6O/c1-26(2)19(28)23-12-9-14-17(22-10-12)24-25-18(14)27-7-3-4-16(27)13-8-11(20)5-6-15(13)21/h5-6,8-10,16H,3-4,7H2,1-2H3,(H,23,28)(H,22,24,25)/t16-/m1/s1. The van der Waals surface area contributed by atoms with Gasteiger partial charge in [-0.15, -0.1) is 0 Å². The quantitative estimate of drug-likeness (QED) is 0.720. The summed E-state index contributed by atoms with van der Waals surface area (Å²) in [6, 6.07) is 4.70. The first kappa shape index (κ1) is 18.1. The van der Waals surface area contributed by atoms with E-state index < -0.39 is 11.6 Å². The number of nitrogens with one attached hydrogen (secondary N) is 2. The molecule has 1 fully saturated rings. The SMILES string of the molecule is CN(C)C(=O)Nc1cnc2[nH]nc(N3CCC[C@@H]3c3cc(F)ccc3F)c2c1. The highest BCUT2D eigenvalue weighted by molar-refractivity contribution is 5.94. The number of nitrogens with zero attached hydrogens (tertiary/aromatic N) is 4. The molecule has 0 radical (unpaired) electrons. The number of hydrogen-bond acceptors (Lipinski definition) is 4. The number of aromatic amines is 1. The van der Waals surface area contributed by atoms with Gasteiger partial charge in [0.05, 0.1) is 23.3 Å². The molecule has 9 heteroatoms. The fraction of sp³-hybridized carbons (Fsp3) is 0.316. The van der Waals surface area contributed by atoms with Crippen molar-refractivity contribution in [3.8, 4) is 0 Å². The molecule has 1 aliphatic rings. The molecule has 2 N–H and O–H groups in total. The molecule has 28 heavy (non-hydrogen) atoms. The Labute approximate surface area is 160 Å². The third-order valence-corrected chi connectivity index (χ3v) is 4.90. The summed E-state index contributed by atoms with van der Waals surface area (Å²) in [5.74, 6) is -0.296. The summed E-state index contributed by atoms with van der Waals surface area (Å²) in [6.07, 6.45) is 3.07. The van der Waals surface area contributed by atoms with E-state index in [9.17, 15) is 13.6 Å². The van der Waals surface area contributed by atoms with Crippen LogP contribution in [0.5, 0.6) is 0 Å². The highest BCUT2D eigenvalue weighted by Gasteiger charge is 2.31. The maximum absolute atomic E-state index is 14.3. The Kier molecular flexibility index (Phi) is 4.58. The van der Waals surface area contributed by atoms with Gasteiger partial charge >= 0.3 is 6.03 Å². The van der Waals surface area contributed by atoms with Crippen LogP contribution >= 0.6 is 0 Å². The number of fused-ring (bicyclic) bond motifs is 1. The van der Waals surface area contributed by atoms with Crippen LogP contribution in [0, 0.1) is 11.6 Å². The van der Waals surface area contributed by atoms with Gasteiger partial charge in [-0.25, -0.2) is 18.6 Å². The molecule has 1 aromatic carbocycles. The molecule has 0 aliphatic carbocycles. The minimum atomic E-state index is -0.467. The van der Waals surface area contributed by atoms with Crippen molar-refractivity contribution in [2.75, 3.05) is 30.9 Å². The van der Waals surface area contributed by atoms with E-state index in [4.69, 9.17) is 0 Å². The van der Waals surface area contributed by atoms with E-state index in [-0.39, 0.29) is 12.1 Å². The Bertz CT molecular complexity index is 1030. The molecule has 1 saturated heterocycles. The van der Waals surface area contributed by atoms with E-state index in [2.05, 4.69) is 20.5 Å². The van der Waals surface area contributed by atoms with Crippen molar-refractivity contribution < 1.29 is 13.6 Å². The lowest BCUT2D eigenvalue weighted by atomic mass is 10.0. The Hall–Kier alpha value is -3.23. The fourth-order valence-electron chi connectivity index (χ4n) is 3.53. The van der Waals surface area contributed by atoms with Gasteiger partial charge in [-0.3, -0.25) is 5.10 Å². The molecule has 3 heterocycles. The second-order valence-corrected chi connectivity index (χ2v) is 7.01. The predicted octanol–water partition coefficient (Wildman–Crippen LogP) is 3.67. The summed E-state index contributed by atoms with van der Waals surface area (Å²) >= 11 is 0. The van der Waals surface area contributed by atoms with Crippen molar-refractivity contribution >= 4 is 28.6 Å². The van der Waals surface area contributed by atoms with Gasteiger partial charge < -0.3 is 15.1 Å². The van der Waals surface area contributed by atoms with E-state index in [1.54, 1.807) is 26.4 Å². The van der Waals surface area contributed by atoms with Gasteiger partial charge in [-0.2, -0.15) is 5.10 Å². The van der Waals surface area contributed by atoms with Crippen molar-refractivity contribution in [1.29, 1.82) is 0 Å². The second-order valence-electron chi connectivity index (χ2n) is 7.01. The van der Waals surface area contributed by atoms with E-state index in [0.717, 1.165) is 18.6 Å². The van der Waals surface area contributed by atoms with Crippen LogP contribution in [0.3, 0.4) is 0 Å². The van der Waals surface area contributed by atoms with Crippen LogP contribution < -0.4 is 10.2 Å². The summed E-state index contributed by atoms with van der Waals surface area (Å²) in [5, 5.41) is 10.7. The predicted molar refractivity (Wildman–Crippen MR) is 102 cm³/mol. The molecule has 7 nitrogen and oxygen atoms in total. The molecule has 4 rings (SSSR count). The maximum Gasteiger partial charge on any atom is 0.321 e. The third kappa shape index (κ3) is 3.23. The molecule has 1 aliphatic heterocycles. The van der Waals surface area contributed by atoms with Crippen LogP contribution in [0.4, 0.5) is 25.1 Å². The molecule has 0 spiro atoms. The minimum absolute atomic E-state index is 0.271. The number of amides is 2. The molecule has 3 aromatic rings. The first-order valence-corrected chi connectivity index (χ1v) is 8.98. The number of H-pyrrole nitrogens is 1. The lowest BCUT2D eigenvalue weighted by Crippen LogP contribution is -2.27. The number of anilines is 2. The van der Waals surface area contributed by atoms with Crippen LogP contribution in [0.15, 0.2) is 30.5 Å². The van der Waals surface area contributed by atoms with E-state index in [1.165, 1.54) is 11.0 Å². The number of halogens is 2. The smallest absolute Gasteiger partial charge is 0.321 e. The summed E-state index contributed by atoms with van der Waals surface area (Å²) in [4.78, 5) is 19.6. The molecule has 0 unspecified atom stereocenters. The average molecular weight is 386 g/mol. The van der Waals surface area contributed by atoms with Crippen molar-refractivity contribution in [2.45, 2.75) is 18.9 Å². The van der Waals surface area contributed by atoms with Crippen molar-refractivity contribution in [3.05, 3.63) is 47.7 Å². The number of aromatic nitrogens is 3. The van der Waals surface area contributed by atoms with Crippen LogP contribution in [-0.2, 0) is 0 Å². The van der Waals surface area contributed by atoms with Gasteiger partial charge in [0.25, 0.3) is 0 Å². The van der Waals surface area contributed by atoms with Crippen LogP contribution in [0.1, 0.15) is 24.4 Å². The number of pyridine rings is 1. The highest BCUT2D eigenvalue weighted by Crippen LogP contribution is 2.39. The van der Waals surface area contributed by atoms with Crippen LogP contribution in [0.2, 0.25) is 0 Å². The molecule has 0 bridgehead atoms. The van der Waals surface area contributed by atoms with Crippen molar-refractivity contribution in [1.82, 2.24) is 20.1 Å². The van der Waals surface area contributed by atoms with Gasteiger partial charge in [0.1, 0.15) is 11.6 Å². The minimum Gasteiger partial charge on any atom is -0.347 e. The number of urea groups is 1. The maximum atomic E-state index is 14.3. The number of hydrogen-bond donors (Lipinski definition) is 2. The summed E-state index contributed by atoms with van der Waals surface area (Å²) in [6.45, 7) is 0.662. The lowest BCUT2D eigenvalue weighted by Gasteiger charge is -2.25. The monoisotopic (exact) mass is 386 g/mol. The van der Waals surface area contributed by atoms with Gasteiger partial charge in [0.2, 0.25) is 0 Å². The van der Waals surface area contributed by atoms with Gasteiger partial charge in [0.15, 0.2) is 11.5 Å². The van der Waals surface area contributed by atoms with E-state index in [1.807, 2.05) is 4.90 Å². The first-order chi connectivity index (χ1) is 13.4. The highest BCUT2D eigenvalue weighted by atomic mass is 19.1. The van der Waals surface area contributed by atoms with Gasteiger partial charge in [-0.05, 0) is 37.1 Å². The van der Waals surface area contributed by atoms with Crippen LogP contribution in [-0.4, -0.2) is 46.8 Å². The zero-order valence-corrected chi connectivity index (χ0v) is 15.5. The van der Waals surface area contributed by atoms with Crippen molar-refractivity contribution in [3.63, 3.8) is 0 Å². The normalized spacial score (nSPS) is 16.6. The Morgan fingerprint density at radius 3 is 2.93 bits per heavy atom. The summed E-state index contributed by atoms with van der Waals surface area (Å²) < 4.78 is 28.0. The number of carbonyl (C=O) groups excluding carboxylic acids is 1. The van der Waals surface area contributed by atoms with Gasteiger partial charge in [0, 0.05) is 26.2 Å². The zero-order chi connectivity index (χ0) is 19.8. The molecule has 146 valence electrons. The number of rotatable bonds is 3. The van der Waals surface area contributed by atoms with Gasteiger partial charge in [-0.1, -0.05) is 0 Å². The molecule has 0 saturated carbocycles. The Morgan fingerprint density at radius 2 is 2.14 bits per heavy atom. The first-order valence-electron chi connectivity index (χ1n) is 8.98. The fourth-order valence-corrected chi connectivity index (χ4v) is 3.53. The lowest BCUT2D eigenvalue weighted by molar-refractivity contribution is 0.230. The summed E-state index contributed by atoms with van der Waals surface area (Å²) in [7, 11) is 3.29. The summed E-state index contributed by atoms with van der Waals surface area (Å²) in [5.41, 5.74) is 1.41. The zero-order valence-electron chi connectivity index (χ0n) is 15.5. The Morgan fingerprint density at radius 1 is 1.32 bits per heavy atom. The largest absolute Gasteiger partial charge is 0.347 e. The number of benzene rings is 1. The topological polar surface area (TPSA) is 77.1 Å². The Balaban J connectivity index is 1.71. The molecule has 1 atom stereocenters. The third-order valence-electron chi connectivity index (χ3n) is 4.90. The molecular weight excluding hydrogens is 366 g/mol. The molecule has 2 amide bonds. The number of carbonyl (C=O) groups is 1. The molecular formula is C19H20F2N6O. The van der Waals surface area contributed by atoms with Crippen molar-refractivity contribution in [2.24, 2.45) is 0 Å². The average Bonchev–Trinajstić information content (AvgIpc) is 3.29. The van der Waals surface area contributed by atoms with Crippen LogP contribution in [0.25, 0.3) is 11.0 Å². The second kappa shape index (κ2) is 7.06. The molecule has 2 aromatic heterocycles. The van der Waals surface area contributed by atoms with E-state index >= 15 is 0 Å².